The van der Waals surface area contributed by atoms with Crippen LogP contribution in [0.15, 0.2) is 24.3 Å². The zero-order valence-corrected chi connectivity index (χ0v) is 13.2. The van der Waals surface area contributed by atoms with Crippen LogP contribution in [0.3, 0.4) is 0 Å². The van der Waals surface area contributed by atoms with Crippen molar-refractivity contribution in [1.29, 1.82) is 0 Å². The molecular formula is C17H20F3NO3. The third kappa shape index (κ3) is 3.42. The molecule has 1 N–H and O–H groups in total. The van der Waals surface area contributed by atoms with Crippen LogP contribution in [0.2, 0.25) is 0 Å². The highest BCUT2D eigenvalue weighted by molar-refractivity contribution is 5.96. The quantitative estimate of drug-likeness (QED) is 0.853. The van der Waals surface area contributed by atoms with Gasteiger partial charge in [0.2, 0.25) is 0 Å². The first-order valence-electron chi connectivity index (χ1n) is 8.08. The van der Waals surface area contributed by atoms with Gasteiger partial charge in [0.05, 0.1) is 22.8 Å². The molecule has 0 radical (unpaired) electrons. The van der Waals surface area contributed by atoms with Crippen molar-refractivity contribution in [2.75, 3.05) is 19.7 Å². The van der Waals surface area contributed by atoms with Crippen LogP contribution in [0.1, 0.15) is 41.6 Å². The van der Waals surface area contributed by atoms with Gasteiger partial charge in [-0.05, 0) is 31.4 Å². The third-order valence-electron chi connectivity index (χ3n) is 4.89. The Balaban J connectivity index is 1.72. The largest absolute Gasteiger partial charge is 0.417 e. The molecule has 7 heteroatoms. The number of ether oxygens (including phenoxy) is 1. The molecule has 2 fully saturated rings. The summed E-state index contributed by atoms with van der Waals surface area (Å²) in [7, 11) is 0. The second-order valence-electron chi connectivity index (χ2n) is 6.51. The molecule has 0 aliphatic carbocycles. The number of amides is 1. The Hall–Kier alpha value is -1.60. The number of carbonyl (C=O) groups excluding carboxylic acids is 1. The molecule has 132 valence electrons. The molecule has 2 saturated heterocycles. The molecule has 1 aromatic rings. The number of alkyl halides is 3. The molecule has 1 aromatic carbocycles. The maximum Gasteiger partial charge on any atom is 0.417 e. The maximum atomic E-state index is 13.1. The number of likely N-dealkylation sites (tertiary alicyclic amines) is 1. The van der Waals surface area contributed by atoms with E-state index in [4.69, 9.17) is 4.74 Å². The lowest BCUT2D eigenvalue weighted by molar-refractivity contribution is -0.141. The van der Waals surface area contributed by atoms with Gasteiger partial charge in [-0.1, -0.05) is 12.1 Å². The number of hydrogen-bond acceptors (Lipinski definition) is 3. The number of halogens is 3. The maximum absolute atomic E-state index is 13.1. The zero-order chi connectivity index (χ0) is 17.4. The minimum atomic E-state index is -4.56. The molecule has 1 atom stereocenters. The van der Waals surface area contributed by atoms with Gasteiger partial charge in [0.25, 0.3) is 5.91 Å². The average Bonchev–Trinajstić information content (AvgIpc) is 2.54. The van der Waals surface area contributed by atoms with Gasteiger partial charge in [-0.15, -0.1) is 0 Å². The molecule has 1 spiro atoms. The van der Waals surface area contributed by atoms with E-state index >= 15 is 0 Å². The van der Waals surface area contributed by atoms with Crippen molar-refractivity contribution >= 4 is 5.91 Å². The predicted molar refractivity (Wildman–Crippen MR) is 80.5 cm³/mol. The van der Waals surface area contributed by atoms with Crippen molar-refractivity contribution in [3.63, 3.8) is 0 Å². The summed E-state index contributed by atoms with van der Waals surface area (Å²) >= 11 is 0. The zero-order valence-electron chi connectivity index (χ0n) is 13.2. The Morgan fingerprint density at radius 1 is 1.25 bits per heavy atom. The lowest BCUT2D eigenvalue weighted by atomic mass is 9.83. The Morgan fingerprint density at radius 3 is 2.54 bits per heavy atom. The van der Waals surface area contributed by atoms with E-state index in [-0.39, 0.29) is 5.56 Å². The Kier molecular flexibility index (Phi) is 4.57. The van der Waals surface area contributed by atoms with E-state index < -0.39 is 29.4 Å². The van der Waals surface area contributed by atoms with Gasteiger partial charge in [-0.2, -0.15) is 13.2 Å². The van der Waals surface area contributed by atoms with Crippen molar-refractivity contribution in [2.45, 2.75) is 43.6 Å². The van der Waals surface area contributed by atoms with E-state index in [1.54, 1.807) is 0 Å². The van der Waals surface area contributed by atoms with Gasteiger partial charge in [-0.25, -0.2) is 0 Å². The van der Waals surface area contributed by atoms with Gasteiger partial charge >= 0.3 is 6.18 Å². The summed E-state index contributed by atoms with van der Waals surface area (Å²) in [5.74, 6) is -0.603. The van der Waals surface area contributed by atoms with Gasteiger partial charge < -0.3 is 14.7 Å². The van der Waals surface area contributed by atoms with Crippen LogP contribution in [0.4, 0.5) is 13.2 Å². The first-order valence-corrected chi connectivity index (χ1v) is 8.08. The second kappa shape index (κ2) is 6.37. The molecule has 4 nitrogen and oxygen atoms in total. The summed E-state index contributed by atoms with van der Waals surface area (Å²) in [6.45, 7) is 1.14. The standard InChI is InChI=1S/C17H20F3NO3/c18-17(19,20)14-4-2-1-3-13(14)15(23)21-8-6-16(7-9-21)11-12(22)5-10-24-16/h1-4,12,22H,5-11H2. The van der Waals surface area contributed by atoms with Crippen molar-refractivity contribution < 1.29 is 27.8 Å². The number of rotatable bonds is 1. The van der Waals surface area contributed by atoms with Crippen LogP contribution < -0.4 is 0 Å². The average molecular weight is 343 g/mol. The van der Waals surface area contributed by atoms with Gasteiger partial charge in [0.15, 0.2) is 0 Å². The third-order valence-corrected chi connectivity index (χ3v) is 4.89. The highest BCUT2D eigenvalue weighted by atomic mass is 19.4. The van der Waals surface area contributed by atoms with Gasteiger partial charge in [0, 0.05) is 26.1 Å². The summed E-state index contributed by atoms with van der Waals surface area (Å²) in [6, 6.07) is 4.87. The minimum Gasteiger partial charge on any atom is -0.393 e. The Bertz CT molecular complexity index is 609. The fraction of sp³-hybridized carbons (Fsp3) is 0.588. The van der Waals surface area contributed by atoms with Crippen molar-refractivity contribution in [1.82, 2.24) is 4.90 Å². The molecule has 0 aromatic heterocycles. The number of aliphatic hydroxyl groups excluding tert-OH is 1. The molecule has 0 bridgehead atoms. The van der Waals surface area contributed by atoms with Crippen LogP contribution in [-0.2, 0) is 10.9 Å². The summed E-state index contributed by atoms with van der Waals surface area (Å²) < 4.78 is 45.1. The molecule has 2 aliphatic heterocycles. The minimum absolute atomic E-state index is 0.314. The number of benzene rings is 1. The van der Waals surface area contributed by atoms with E-state index in [0.717, 1.165) is 6.07 Å². The number of aliphatic hydroxyl groups is 1. The Labute approximate surface area is 138 Å². The molecule has 24 heavy (non-hydrogen) atoms. The van der Waals surface area contributed by atoms with Crippen molar-refractivity contribution in [3.05, 3.63) is 35.4 Å². The second-order valence-corrected chi connectivity index (χ2v) is 6.51. The van der Waals surface area contributed by atoms with Crippen LogP contribution in [0.5, 0.6) is 0 Å². The van der Waals surface area contributed by atoms with E-state index in [1.165, 1.54) is 23.1 Å². The number of hydrogen-bond donors (Lipinski definition) is 1. The molecule has 1 amide bonds. The van der Waals surface area contributed by atoms with Gasteiger partial charge in [0.1, 0.15) is 0 Å². The summed E-state index contributed by atoms with van der Waals surface area (Å²) in [5.41, 5.74) is -1.66. The predicted octanol–water partition coefficient (Wildman–Crippen LogP) is 2.85. The number of piperidine rings is 1. The van der Waals surface area contributed by atoms with Crippen LogP contribution in [0, 0.1) is 0 Å². The summed E-state index contributed by atoms with van der Waals surface area (Å²) in [4.78, 5) is 14.0. The highest BCUT2D eigenvalue weighted by Crippen LogP contribution is 2.37. The van der Waals surface area contributed by atoms with Crippen LogP contribution in [0.25, 0.3) is 0 Å². The summed E-state index contributed by atoms with van der Waals surface area (Å²) in [5, 5.41) is 9.82. The summed E-state index contributed by atoms with van der Waals surface area (Å²) in [6.07, 6.45) is -2.78. The van der Waals surface area contributed by atoms with E-state index in [2.05, 4.69) is 0 Å². The normalized spacial score (nSPS) is 24.2. The number of carbonyl (C=O) groups is 1. The lowest BCUT2D eigenvalue weighted by Gasteiger charge is -2.45. The lowest BCUT2D eigenvalue weighted by Crippen LogP contribution is -2.51. The molecule has 1 unspecified atom stereocenters. The van der Waals surface area contributed by atoms with Crippen molar-refractivity contribution in [2.24, 2.45) is 0 Å². The first-order chi connectivity index (χ1) is 11.3. The van der Waals surface area contributed by atoms with E-state index in [1.807, 2.05) is 0 Å². The fourth-order valence-electron chi connectivity index (χ4n) is 3.55. The molecule has 0 saturated carbocycles. The highest BCUT2D eigenvalue weighted by Gasteiger charge is 2.42. The van der Waals surface area contributed by atoms with E-state index in [9.17, 15) is 23.1 Å². The van der Waals surface area contributed by atoms with Crippen LogP contribution >= 0.6 is 0 Å². The fourth-order valence-corrected chi connectivity index (χ4v) is 3.55. The smallest absolute Gasteiger partial charge is 0.393 e. The SMILES string of the molecule is O=C(c1ccccc1C(F)(F)F)N1CCC2(CC1)CC(O)CCO2. The van der Waals surface area contributed by atoms with E-state index in [0.29, 0.717) is 45.4 Å². The molecule has 2 heterocycles. The molecule has 3 rings (SSSR count). The molecule has 2 aliphatic rings. The van der Waals surface area contributed by atoms with Crippen LogP contribution in [-0.4, -0.2) is 47.3 Å². The van der Waals surface area contributed by atoms with Crippen molar-refractivity contribution in [3.8, 4) is 0 Å². The topological polar surface area (TPSA) is 49.8 Å². The van der Waals surface area contributed by atoms with Gasteiger partial charge in [-0.3, -0.25) is 4.79 Å². The Morgan fingerprint density at radius 2 is 1.92 bits per heavy atom. The first kappa shape index (κ1) is 17.2. The number of nitrogens with zero attached hydrogens (tertiary/aromatic N) is 1. The monoisotopic (exact) mass is 343 g/mol. The molecular weight excluding hydrogens is 323 g/mol.